The van der Waals surface area contributed by atoms with Gasteiger partial charge in [-0.2, -0.15) is 0 Å². The zero-order chi connectivity index (χ0) is 44.2. The Balaban J connectivity index is 4.27. The van der Waals surface area contributed by atoms with E-state index in [-0.39, 0.29) is 19.4 Å². The molecule has 0 aliphatic carbocycles. The summed E-state index contributed by atoms with van der Waals surface area (Å²) in [5, 5.41) is 8.90. The Morgan fingerprint density at radius 1 is 0.517 bits per heavy atom. The average Bonchev–Trinajstić information content (AvgIpc) is 3.22. The van der Waals surface area contributed by atoms with Gasteiger partial charge in [-0.15, -0.1) is 0 Å². The fraction of sp³-hybridized carbons (Fsp3) is 0.812. The number of aliphatic carboxylic acids is 1. The molecule has 0 aromatic heterocycles. The highest BCUT2D eigenvalue weighted by Crippen LogP contribution is 2.43. The molecular weight excluding hydrogens is 781 g/mol. The largest absolute Gasteiger partial charge is 0.480 e. The van der Waals surface area contributed by atoms with Crippen molar-refractivity contribution >= 4 is 25.7 Å². The van der Waals surface area contributed by atoms with Crippen LogP contribution >= 0.6 is 7.82 Å². The van der Waals surface area contributed by atoms with E-state index in [1.807, 2.05) is 0 Å². The minimum atomic E-state index is -4.72. The molecule has 0 aliphatic heterocycles. The summed E-state index contributed by atoms with van der Waals surface area (Å²) in [6.45, 7) is 2.78. The molecule has 0 rings (SSSR count). The maximum absolute atomic E-state index is 12.6. The summed E-state index contributed by atoms with van der Waals surface area (Å²) in [5.74, 6) is -2.39. The number of rotatable bonds is 45. The third-order valence-electron chi connectivity index (χ3n) is 10.4. The number of esters is 2. The molecule has 3 atom stereocenters. The van der Waals surface area contributed by atoms with Crippen LogP contribution in [0.5, 0.6) is 0 Å². The number of phosphoric ester groups is 1. The van der Waals surface area contributed by atoms with Crippen molar-refractivity contribution in [2.75, 3.05) is 19.8 Å². The highest BCUT2D eigenvalue weighted by atomic mass is 31.2. The summed E-state index contributed by atoms with van der Waals surface area (Å²) < 4.78 is 32.8. The Morgan fingerprint density at radius 2 is 0.883 bits per heavy atom. The van der Waals surface area contributed by atoms with E-state index in [4.69, 9.17) is 24.8 Å². The first kappa shape index (κ1) is 57.7. The van der Waals surface area contributed by atoms with E-state index in [1.54, 1.807) is 0 Å². The summed E-state index contributed by atoms with van der Waals surface area (Å²) >= 11 is 0. The highest BCUT2D eigenvalue weighted by Gasteiger charge is 2.28. The minimum absolute atomic E-state index is 0.145. The SMILES string of the molecule is CCCCC/C=C\C/C=C\CCCCCCCC(=O)OC(COC(=O)CCCCCCCCCCC/C=C\CCCCCCCCCC)COP(=O)(O)OCC(N)C(=O)O. The molecule has 0 amide bonds. The molecule has 0 saturated heterocycles. The van der Waals surface area contributed by atoms with Crippen molar-refractivity contribution < 1.29 is 47.5 Å². The van der Waals surface area contributed by atoms with Crippen LogP contribution in [0.15, 0.2) is 36.5 Å². The standard InChI is InChI=1S/C48H88NO10P/c1-3-5-7-9-11-13-15-17-19-20-21-22-23-24-26-27-29-31-33-35-37-39-46(50)56-41-44(42-57-60(54,55)58-43-45(49)48(52)53)59-47(51)40-38-36-34-32-30-28-25-18-16-14-12-10-8-6-4-2/h12,14,18,20-21,25,44-45H,3-11,13,15-17,19,22-24,26-43,49H2,1-2H3,(H,52,53)(H,54,55)/b14-12-,21-20-,25-18-. The van der Waals surface area contributed by atoms with Gasteiger partial charge in [0.05, 0.1) is 13.2 Å². The van der Waals surface area contributed by atoms with Gasteiger partial charge in [0.25, 0.3) is 0 Å². The molecule has 0 fully saturated rings. The van der Waals surface area contributed by atoms with Crippen molar-refractivity contribution in [3.63, 3.8) is 0 Å². The Morgan fingerprint density at radius 3 is 1.35 bits per heavy atom. The zero-order valence-electron chi connectivity index (χ0n) is 38.1. The lowest BCUT2D eigenvalue weighted by atomic mass is 10.1. The quantitative estimate of drug-likeness (QED) is 0.0230. The van der Waals surface area contributed by atoms with E-state index in [0.29, 0.717) is 12.8 Å². The fourth-order valence-corrected chi connectivity index (χ4v) is 7.34. The molecule has 0 saturated carbocycles. The van der Waals surface area contributed by atoms with Crippen molar-refractivity contribution in [2.45, 2.75) is 231 Å². The number of hydrogen-bond acceptors (Lipinski definition) is 9. The summed E-state index contributed by atoms with van der Waals surface area (Å²) in [6, 6.07) is -1.52. The van der Waals surface area contributed by atoms with E-state index in [0.717, 1.165) is 64.2 Å². The van der Waals surface area contributed by atoms with Crippen LogP contribution in [0.3, 0.4) is 0 Å². The normalized spacial score (nSPS) is 13.9. The van der Waals surface area contributed by atoms with Crippen molar-refractivity contribution in [1.82, 2.24) is 0 Å². The van der Waals surface area contributed by atoms with Crippen LogP contribution in [0, 0.1) is 0 Å². The number of carboxylic acids is 1. The van der Waals surface area contributed by atoms with Gasteiger partial charge < -0.3 is 25.2 Å². The van der Waals surface area contributed by atoms with Gasteiger partial charge in [-0.25, -0.2) is 4.57 Å². The van der Waals surface area contributed by atoms with E-state index in [1.165, 1.54) is 116 Å². The lowest BCUT2D eigenvalue weighted by molar-refractivity contribution is -0.161. The molecule has 0 aliphatic rings. The smallest absolute Gasteiger partial charge is 0.472 e. The molecule has 0 radical (unpaired) electrons. The van der Waals surface area contributed by atoms with Gasteiger partial charge in [-0.1, -0.05) is 172 Å². The number of hydrogen-bond donors (Lipinski definition) is 3. The maximum Gasteiger partial charge on any atom is 0.472 e. The molecule has 350 valence electrons. The highest BCUT2D eigenvalue weighted by molar-refractivity contribution is 7.47. The second-order valence-electron chi connectivity index (χ2n) is 16.2. The molecule has 12 heteroatoms. The Hall–Kier alpha value is -2.30. The number of phosphoric acid groups is 1. The van der Waals surface area contributed by atoms with Gasteiger partial charge in [-0.3, -0.25) is 23.4 Å². The van der Waals surface area contributed by atoms with Crippen molar-refractivity contribution in [3.05, 3.63) is 36.5 Å². The molecule has 60 heavy (non-hydrogen) atoms. The number of carbonyl (C=O) groups excluding carboxylic acids is 2. The van der Waals surface area contributed by atoms with Gasteiger partial charge in [0.2, 0.25) is 0 Å². The zero-order valence-corrected chi connectivity index (χ0v) is 38.9. The van der Waals surface area contributed by atoms with Crippen LogP contribution in [-0.4, -0.2) is 59.9 Å². The van der Waals surface area contributed by atoms with Crippen LogP contribution in [0.25, 0.3) is 0 Å². The first-order valence-corrected chi connectivity index (χ1v) is 25.5. The number of unbranched alkanes of at least 4 members (excludes halogenated alkanes) is 25. The first-order chi connectivity index (χ1) is 29.1. The Bertz CT molecular complexity index is 1160. The molecule has 4 N–H and O–H groups in total. The molecule has 0 heterocycles. The summed E-state index contributed by atoms with van der Waals surface area (Å²) in [4.78, 5) is 46.1. The van der Waals surface area contributed by atoms with Crippen LogP contribution in [0.2, 0.25) is 0 Å². The number of nitrogens with two attached hydrogens (primary N) is 1. The summed E-state index contributed by atoms with van der Waals surface area (Å²) in [6.07, 6.45) is 47.8. The van der Waals surface area contributed by atoms with Crippen molar-refractivity contribution in [1.29, 1.82) is 0 Å². The predicted octanol–water partition coefficient (Wildman–Crippen LogP) is 13.2. The van der Waals surface area contributed by atoms with E-state index < -0.39 is 51.1 Å². The van der Waals surface area contributed by atoms with E-state index in [2.05, 4.69) is 54.8 Å². The predicted molar refractivity (Wildman–Crippen MR) is 245 cm³/mol. The average molecular weight is 870 g/mol. The van der Waals surface area contributed by atoms with Crippen LogP contribution < -0.4 is 5.73 Å². The number of allylic oxidation sites excluding steroid dienone is 6. The van der Waals surface area contributed by atoms with Gasteiger partial charge in [0, 0.05) is 12.8 Å². The third kappa shape index (κ3) is 42.4. The molecular formula is C48H88NO10P. The summed E-state index contributed by atoms with van der Waals surface area (Å²) in [7, 11) is -4.72. The topological polar surface area (TPSA) is 172 Å². The lowest BCUT2D eigenvalue weighted by Gasteiger charge is -2.20. The Kier molecular flexibility index (Phi) is 41.7. The molecule has 0 aromatic rings. The lowest BCUT2D eigenvalue weighted by Crippen LogP contribution is -2.34. The second kappa shape index (κ2) is 43.4. The van der Waals surface area contributed by atoms with Crippen molar-refractivity contribution in [2.24, 2.45) is 5.73 Å². The van der Waals surface area contributed by atoms with Crippen LogP contribution in [-0.2, 0) is 37.5 Å². The van der Waals surface area contributed by atoms with Crippen molar-refractivity contribution in [3.8, 4) is 0 Å². The van der Waals surface area contributed by atoms with Gasteiger partial charge >= 0.3 is 25.7 Å². The van der Waals surface area contributed by atoms with E-state index in [9.17, 15) is 23.8 Å². The van der Waals surface area contributed by atoms with Crippen LogP contribution in [0.1, 0.15) is 219 Å². The molecule has 0 spiro atoms. The third-order valence-corrected chi connectivity index (χ3v) is 11.3. The van der Waals surface area contributed by atoms with Gasteiger partial charge in [0.15, 0.2) is 6.10 Å². The van der Waals surface area contributed by atoms with Crippen LogP contribution in [0.4, 0.5) is 0 Å². The monoisotopic (exact) mass is 870 g/mol. The summed E-state index contributed by atoms with van der Waals surface area (Å²) in [5.41, 5.74) is 5.34. The minimum Gasteiger partial charge on any atom is -0.480 e. The second-order valence-corrected chi connectivity index (χ2v) is 17.7. The maximum atomic E-state index is 12.6. The fourth-order valence-electron chi connectivity index (χ4n) is 6.56. The molecule has 11 nitrogen and oxygen atoms in total. The number of carbonyl (C=O) groups is 3. The van der Waals surface area contributed by atoms with E-state index >= 15 is 0 Å². The number of carboxylic acid groups (broad SMARTS) is 1. The molecule has 3 unspecified atom stereocenters. The first-order valence-electron chi connectivity index (χ1n) is 24.0. The number of ether oxygens (including phenoxy) is 2. The molecule has 0 aromatic carbocycles. The molecule has 0 bridgehead atoms. The van der Waals surface area contributed by atoms with Gasteiger partial charge in [0.1, 0.15) is 12.6 Å². The Labute approximate surface area is 365 Å². The van der Waals surface area contributed by atoms with Gasteiger partial charge in [-0.05, 0) is 70.6 Å².